The van der Waals surface area contributed by atoms with Crippen molar-refractivity contribution in [3.63, 3.8) is 0 Å². The van der Waals surface area contributed by atoms with Gasteiger partial charge in [0.1, 0.15) is 11.3 Å². The lowest BCUT2D eigenvalue weighted by Crippen LogP contribution is -2.06. The summed E-state index contributed by atoms with van der Waals surface area (Å²) >= 11 is 8.15. The van der Waals surface area contributed by atoms with E-state index < -0.39 is 0 Å². The second kappa shape index (κ2) is 5.96. The van der Waals surface area contributed by atoms with Crippen LogP contribution >= 0.6 is 34.2 Å². The van der Waals surface area contributed by atoms with Gasteiger partial charge in [0.05, 0.1) is 25.7 Å². The van der Waals surface area contributed by atoms with Crippen LogP contribution in [0.5, 0.6) is 5.75 Å². The number of hydrogen-bond donors (Lipinski definition) is 0. The Morgan fingerprint density at radius 3 is 2.77 bits per heavy atom. The molecule has 3 rings (SSSR count). The number of ether oxygens (including phenoxy) is 1. The molecule has 0 fully saturated rings. The summed E-state index contributed by atoms with van der Waals surface area (Å²) in [5, 5.41) is 0.360. The van der Waals surface area contributed by atoms with Crippen LogP contribution in [0, 0.1) is 17.7 Å². The first-order valence-electron chi connectivity index (χ1n) is 6.54. The van der Waals surface area contributed by atoms with E-state index in [2.05, 4.69) is 19.9 Å². The molecule has 0 radical (unpaired) electrons. The van der Waals surface area contributed by atoms with Gasteiger partial charge in [0.15, 0.2) is 14.6 Å². The molecule has 0 aliphatic rings. The quantitative estimate of drug-likeness (QED) is 0.363. The predicted molar refractivity (Wildman–Crippen MR) is 92.4 cm³/mol. The van der Waals surface area contributed by atoms with E-state index in [1.54, 1.807) is 13.4 Å². The first-order valence-corrected chi connectivity index (χ1v) is 8.00. The lowest BCUT2D eigenvalue weighted by Gasteiger charge is -2.12. The molecule has 0 saturated carbocycles. The van der Waals surface area contributed by atoms with Crippen LogP contribution in [0.1, 0.15) is 16.8 Å². The molecule has 0 aromatic carbocycles. The number of fused-ring (bicyclic) bond motifs is 1. The average Bonchev–Trinajstić information content (AvgIpc) is 2.86. The molecule has 3 aromatic rings. The van der Waals surface area contributed by atoms with Crippen molar-refractivity contribution < 1.29 is 4.74 Å². The van der Waals surface area contributed by atoms with E-state index in [9.17, 15) is 0 Å². The first-order chi connectivity index (χ1) is 10.5. The van der Waals surface area contributed by atoms with E-state index in [4.69, 9.17) is 16.3 Å². The molecule has 0 aliphatic carbocycles. The maximum absolute atomic E-state index is 6.11. The summed E-state index contributed by atoms with van der Waals surface area (Å²) in [6, 6.07) is 0. The van der Waals surface area contributed by atoms with E-state index in [1.807, 2.05) is 47.2 Å². The van der Waals surface area contributed by atoms with Crippen LogP contribution in [0.2, 0.25) is 5.15 Å². The lowest BCUT2D eigenvalue weighted by molar-refractivity contribution is 0.406. The highest BCUT2D eigenvalue weighted by molar-refractivity contribution is 14.1. The lowest BCUT2D eigenvalue weighted by atomic mass is 10.1. The van der Waals surface area contributed by atoms with Crippen LogP contribution in [0.25, 0.3) is 11.2 Å². The summed E-state index contributed by atoms with van der Waals surface area (Å²) in [4.78, 5) is 17.3. The highest BCUT2D eigenvalue weighted by Gasteiger charge is 2.14. The van der Waals surface area contributed by atoms with Crippen molar-refractivity contribution >= 4 is 45.4 Å². The summed E-state index contributed by atoms with van der Waals surface area (Å²) in [7, 11) is 1.67. The van der Waals surface area contributed by atoms with E-state index >= 15 is 0 Å². The van der Waals surface area contributed by atoms with Crippen LogP contribution in [-0.2, 0) is 6.54 Å². The Morgan fingerprint density at radius 2 is 2.05 bits per heavy atom. The fraction of sp³-hybridized carbons (Fsp3) is 0.286. The topological polar surface area (TPSA) is 65.7 Å². The minimum Gasteiger partial charge on any atom is -0.496 e. The molecular weight excluding hydrogens is 417 g/mol. The molecule has 0 N–H and O–H groups in total. The molecule has 22 heavy (non-hydrogen) atoms. The number of rotatable bonds is 3. The fourth-order valence-corrected chi connectivity index (χ4v) is 3.22. The smallest absolute Gasteiger partial charge is 0.194 e. The second-order valence-corrected chi connectivity index (χ2v) is 6.20. The molecule has 0 atom stereocenters. The standard InChI is InChI=1S/C14H13ClIN5O/c1-7-4-17-9(8(2)11(7)22-3)5-21-6-18-10-12(15)19-14(16)20-13(10)21/h4,6H,5H2,1-3H3. The van der Waals surface area contributed by atoms with Crippen molar-refractivity contribution in [3.05, 3.63) is 38.3 Å². The van der Waals surface area contributed by atoms with Crippen molar-refractivity contribution in [1.29, 1.82) is 0 Å². The maximum atomic E-state index is 6.11. The molecular formula is C14H13ClIN5O. The molecule has 0 bridgehead atoms. The van der Waals surface area contributed by atoms with E-state index in [0.29, 0.717) is 26.7 Å². The largest absolute Gasteiger partial charge is 0.496 e. The Bertz CT molecular complexity index is 864. The Balaban J connectivity index is 2.08. The molecule has 0 amide bonds. The third-order valence-corrected chi connectivity index (χ3v) is 4.21. The van der Waals surface area contributed by atoms with Gasteiger partial charge in [0.2, 0.25) is 0 Å². The van der Waals surface area contributed by atoms with Crippen molar-refractivity contribution in [2.24, 2.45) is 0 Å². The zero-order valence-electron chi connectivity index (χ0n) is 12.3. The first kappa shape index (κ1) is 15.4. The van der Waals surface area contributed by atoms with Crippen LogP contribution < -0.4 is 4.74 Å². The predicted octanol–water partition coefficient (Wildman–Crippen LogP) is 3.15. The fourth-order valence-electron chi connectivity index (χ4n) is 2.39. The van der Waals surface area contributed by atoms with Gasteiger partial charge >= 0.3 is 0 Å². The number of pyridine rings is 1. The average molecular weight is 430 g/mol. The van der Waals surface area contributed by atoms with Crippen LogP contribution in [-0.4, -0.2) is 31.6 Å². The Morgan fingerprint density at radius 1 is 1.27 bits per heavy atom. The molecule has 0 spiro atoms. The monoisotopic (exact) mass is 429 g/mol. The molecule has 6 nitrogen and oxygen atoms in total. The summed E-state index contributed by atoms with van der Waals surface area (Å²) in [5.41, 5.74) is 4.23. The van der Waals surface area contributed by atoms with Gasteiger partial charge in [-0.25, -0.2) is 15.0 Å². The third kappa shape index (κ3) is 2.63. The minimum atomic E-state index is 0.360. The highest BCUT2D eigenvalue weighted by Crippen LogP contribution is 2.26. The van der Waals surface area contributed by atoms with Crippen molar-refractivity contribution in [3.8, 4) is 5.75 Å². The Hall–Kier alpha value is -1.48. The number of hydrogen-bond acceptors (Lipinski definition) is 5. The maximum Gasteiger partial charge on any atom is 0.194 e. The summed E-state index contributed by atoms with van der Waals surface area (Å²) in [6.45, 7) is 4.52. The van der Waals surface area contributed by atoms with Crippen molar-refractivity contribution in [2.75, 3.05) is 7.11 Å². The van der Waals surface area contributed by atoms with Crippen LogP contribution in [0.15, 0.2) is 12.5 Å². The SMILES string of the molecule is COc1c(C)cnc(Cn2cnc3c(Cl)nc(I)nc32)c1C. The van der Waals surface area contributed by atoms with E-state index in [0.717, 1.165) is 22.6 Å². The Kier molecular flexibility index (Phi) is 4.18. The number of halogens is 2. The van der Waals surface area contributed by atoms with Crippen LogP contribution in [0.4, 0.5) is 0 Å². The molecule has 3 aromatic heterocycles. The van der Waals surface area contributed by atoms with Crippen molar-refractivity contribution in [2.45, 2.75) is 20.4 Å². The van der Waals surface area contributed by atoms with Gasteiger partial charge in [-0.05, 0) is 13.8 Å². The van der Waals surface area contributed by atoms with Gasteiger partial charge in [0, 0.05) is 39.9 Å². The molecule has 114 valence electrons. The molecule has 0 unspecified atom stereocenters. The zero-order chi connectivity index (χ0) is 15.9. The number of nitrogens with zero attached hydrogens (tertiary/aromatic N) is 5. The van der Waals surface area contributed by atoms with Gasteiger partial charge in [-0.2, -0.15) is 0 Å². The molecule has 0 saturated heterocycles. The second-order valence-electron chi connectivity index (χ2n) is 4.87. The number of aryl methyl sites for hydroxylation is 1. The zero-order valence-corrected chi connectivity index (χ0v) is 15.2. The highest BCUT2D eigenvalue weighted by atomic mass is 127. The third-order valence-electron chi connectivity index (χ3n) is 3.46. The summed E-state index contributed by atoms with van der Waals surface area (Å²) < 4.78 is 7.95. The normalized spacial score (nSPS) is 11.1. The molecule has 0 aliphatic heterocycles. The van der Waals surface area contributed by atoms with Gasteiger partial charge in [-0.15, -0.1) is 0 Å². The van der Waals surface area contributed by atoms with E-state index in [1.165, 1.54) is 0 Å². The van der Waals surface area contributed by atoms with Gasteiger partial charge < -0.3 is 9.30 Å². The van der Waals surface area contributed by atoms with Gasteiger partial charge in [0.25, 0.3) is 0 Å². The minimum absolute atomic E-state index is 0.360. The summed E-state index contributed by atoms with van der Waals surface area (Å²) in [6.07, 6.45) is 3.51. The van der Waals surface area contributed by atoms with Crippen molar-refractivity contribution in [1.82, 2.24) is 24.5 Å². The molecule has 8 heteroatoms. The van der Waals surface area contributed by atoms with Gasteiger partial charge in [-0.1, -0.05) is 11.6 Å². The summed E-state index contributed by atoms with van der Waals surface area (Å²) in [5.74, 6) is 0.858. The number of aromatic nitrogens is 5. The van der Waals surface area contributed by atoms with Gasteiger partial charge in [-0.3, -0.25) is 4.98 Å². The number of methoxy groups -OCH3 is 1. The van der Waals surface area contributed by atoms with Crippen LogP contribution in [0.3, 0.4) is 0 Å². The number of imidazole rings is 1. The van der Waals surface area contributed by atoms with E-state index in [-0.39, 0.29) is 0 Å². The molecule has 3 heterocycles. The Labute approximate surface area is 146 Å².